The van der Waals surface area contributed by atoms with Gasteiger partial charge in [0.25, 0.3) is 0 Å². The molecule has 0 radical (unpaired) electrons. The SMILES string of the molecule is CCCCCCCCC(=O)OCC(COC(=O)CCCCCC)OC(=O)CCCCCCCC. The number of carbonyl (C=O) groups excluding carboxylic acids is 3. The van der Waals surface area contributed by atoms with Crippen molar-refractivity contribution >= 4 is 17.9 Å². The summed E-state index contributed by atoms with van der Waals surface area (Å²) in [5, 5.41) is 0. The van der Waals surface area contributed by atoms with Gasteiger partial charge >= 0.3 is 17.9 Å². The number of hydrogen-bond donors (Lipinski definition) is 0. The average molecular weight is 485 g/mol. The predicted octanol–water partition coefficient (Wildman–Crippen LogP) is 7.46. The summed E-state index contributed by atoms with van der Waals surface area (Å²) in [7, 11) is 0. The number of hydrogen-bond acceptors (Lipinski definition) is 6. The van der Waals surface area contributed by atoms with Gasteiger partial charge < -0.3 is 14.2 Å². The van der Waals surface area contributed by atoms with E-state index < -0.39 is 6.10 Å². The molecule has 0 N–H and O–H groups in total. The van der Waals surface area contributed by atoms with Crippen molar-refractivity contribution in [1.29, 1.82) is 0 Å². The van der Waals surface area contributed by atoms with Crippen LogP contribution in [0.3, 0.4) is 0 Å². The monoisotopic (exact) mass is 484 g/mol. The van der Waals surface area contributed by atoms with Crippen LogP contribution in [-0.4, -0.2) is 37.2 Å². The van der Waals surface area contributed by atoms with Crippen molar-refractivity contribution in [3.63, 3.8) is 0 Å². The quantitative estimate of drug-likeness (QED) is 0.0804. The minimum Gasteiger partial charge on any atom is -0.462 e. The van der Waals surface area contributed by atoms with Gasteiger partial charge in [-0.05, 0) is 19.3 Å². The van der Waals surface area contributed by atoms with E-state index >= 15 is 0 Å². The summed E-state index contributed by atoms with van der Waals surface area (Å²) in [6.07, 6.45) is 17.4. The second-order valence-corrected chi connectivity index (χ2v) is 9.32. The lowest BCUT2D eigenvalue weighted by Crippen LogP contribution is -2.30. The fraction of sp³-hybridized carbons (Fsp3) is 0.893. The van der Waals surface area contributed by atoms with Crippen molar-refractivity contribution in [2.75, 3.05) is 13.2 Å². The highest BCUT2D eigenvalue weighted by atomic mass is 16.6. The van der Waals surface area contributed by atoms with Crippen molar-refractivity contribution in [3.05, 3.63) is 0 Å². The second-order valence-electron chi connectivity index (χ2n) is 9.32. The van der Waals surface area contributed by atoms with Gasteiger partial charge in [-0.2, -0.15) is 0 Å². The molecule has 6 nitrogen and oxygen atoms in total. The maximum Gasteiger partial charge on any atom is 0.306 e. The Balaban J connectivity index is 4.36. The van der Waals surface area contributed by atoms with E-state index in [1.165, 1.54) is 38.5 Å². The van der Waals surface area contributed by atoms with Crippen LogP contribution in [0.1, 0.15) is 143 Å². The fourth-order valence-corrected chi connectivity index (χ4v) is 3.67. The molecule has 6 heteroatoms. The van der Waals surface area contributed by atoms with Gasteiger partial charge in [0.05, 0.1) is 0 Å². The zero-order chi connectivity index (χ0) is 25.3. The van der Waals surface area contributed by atoms with Gasteiger partial charge in [-0.15, -0.1) is 0 Å². The molecular formula is C28H52O6. The first-order valence-electron chi connectivity index (χ1n) is 14.0. The molecule has 0 aliphatic carbocycles. The topological polar surface area (TPSA) is 78.9 Å². The van der Waals surface area contributed by atoms with Crippen molar-refractivity contribution in [2.45, 2.75) is 149 Å². The third kappa shape index (κ3) is 22.2. The van der Waals surface area contributed by atoms with Crippen molar-refractivity contribution in [2.24, 2.45) is 0 Å². The molecule has 34 heavy (non-hydrogen) atoms. The summed E-state index contributed by atoms with van der Waals surface area (Å²) in [4.78, 5) is 36.4. The van der Waals surface area contributed by atoms with Gasteiger partial charge in [-0.1, -0.05) is 104 Å². The number of esters is 3. The van der Waals surface area contributed by atoms with E-state index in [9.17, 15) is 14.4 Å². The van der Waals surface area contributed by atoms with Crippen LogP contribution < -0.4 is 0 Å². The standard InChI is InChI=1S/C28H52O6/c1-4-7-10-13-15-18-21-27(30)33-24-25(23-32-26(29)20-17-12-9-6-3)34-28(31)22-19-16-14-11-8-5-2/h25H,4-24H2,1-3H3. The minimum atomic E-state index is -0.749. The molecule has 0 rings (SSSR count). The maximum atomic E-state index is 12.3. The first kappa shape index (κ1) is 32.4. The van der Waals surface area contributed by atoms with Crippen LogP contribution in [0.2, 0.25) is 0 Å². The van der Waals surface area contributed by atoms with Gasteiger partial charge in [0.1, 0.15) is 13.2 Å². The zero-order valence-electron chi connectivity index (χ0n) is 22.4. The Kier molecular flexibility index (Phi) is 23.4. The third-order valence-electron chi connectivity index (χ3n) is 5.86. The van der Waals surface area contributed by atoms with Crippen molar-refractivity contribution in [3.8, 4) is 0 Å². The molecule has 0 bridgehead atoms. The summed E-state index contributed by atoms with van der Waals surface area (Å²) in [6.45, 7) is 6.34. The molecule has 0 aliphatic rings. The molecule has 0 aliphatic heterocycles. The van der Waals surface area contributed by atoms with Crippen molar-refractivity contribution in [1.82, 2.24) is 0 Å². The lowest BCUT2D eigenvalue weighted by molar-refractivity contribution is -0.167. The number of carbonyl (C=O) groups is 3. The molecule has 0 saturated heterocycles. The summed E-state index contributed by atoms with van der Waals surface area (Å²) in [5.41, 5.74) is 0. The van der Waals surface area contributed by atoms with Gasteiger partial charge in [-0.3, -0.25) is 14.4 Å². The smallest absolute Gasteiger partial charge is 0.306 e. The predicted molar refractivity (Wildman–Crippen MR) is 137 cm³/mol. The fourth-order valence-electron chi connectivity index (χ4n) is 3.67. The van der Waals surface area contributed by atoms with Crippen LogP contribution in [0.4, 0.5) is 0 Å². The normalized spacial score (nSPS) is 11.7. The Morgan fingerprint density at radius 2 is 0.794 bits per heavy atom. The maximum absolute atomic E-state index is 12.3. The first-order chi connectivity index (χ1) is 16.5. The molecule has 0 aromatic rings. The van der Waals surface area contributed by atoms with Crippen LogP contribution >= 0.6 is 0 Å². The first-order valence-corrected chi connectivity index (χ1v) is 14.0. The van der Waals surface area contributed by atoms with E-state index in [0.717, 1.165) is 64.2 Å². The second kappa shape index (κ2) is 24.5. The Morgan fingerprint density at radius 3 is 1.21 bits per heavy atom. The molecule has 0 amide bonds. The molecule has 1 atom stereocenters. The minimum absolute atomic E-state index is 0.0694. The van der Waals surface area contributed by atoms with Crippen LogP contribution in [0.5, 0.6) is 0 Å². The van der Waals surface area contributed by atoms with Gasteiger partial charge in [0, 0.05) is 19.3 Å². The summed E-state index contributed by atoms with van der Waals surface area (Å²) < 4.78 is 16.2. The van der Waals surface area contributed by atoms with Crippen LogP contribution in [0.25, 0.3) is 0 Å². The van der Waals surface area contributed by atoms with E-state index in [0.29, 0.717) is 19.3 Å². The highest BCUT2D eigenvalue weighted by Crippen LogP contribution is 2.11. The van der Waals surface area contributed by atoms with Crippen LogP contribution in [0, 0.1) is 0 Å². The van der Waals surface area contributed by atoms with E-state index in [2.05, 4.69) is 20.8 Å². The molecule has 0 aromatic heterocycles. The van der Waals surface area contributed by atoms with Crippen molar-refractivity contribution < 1.29 is 28.6 Å². The zero-order valence-corrected chi connectivity index (χ0v) is 22.4. The summed E-state index contributed by atoms with van der Waals surface area (Å²) in [6, 6.07) is 0. The van der Waals surface area contributed by atoms with E-state index in [4.69, 9.17) is 14.2 Å². The van der Waals surface area contributed by atoms with Gasteiger partial charge in [-0.25, -0.2) is 0 Å². The molecule has 0 spiro atoms. The highest BCUT2D eigenvalue weighted by molar-refractivity contribution is 5.71. The lowest BCUT2D eigenvalue weighted by Gasteiger charge is -2.18. The average Bonchev–Trinajstić information content (AvgIpc) is 2.83. The van der Waals surface area contributed by atoms with E-state index in [1.54, 1.807) is 0 Å². The van der Waals surface area contributed by atoms with Gasteiger partial charge in [0.2, 0.25) is 0 Å². The van der Waals surface area contributed by atoms with E-state index in [1.807, 2.05) is 0 Å². The Labute approximate surface area is 208 Å². The van der Waals surface area contributed by atoms with E-state index in [-0.39, 0.29) is 31.1 Å². The largest absolute Gasteiger partial charge is 0.462 e. The summed E-state index contributed by atoms with van der Waals surface area (Å²) >= 11 is 0. The van der Waals surface area contributed by atoms with Crippen LogP contribution in [-0.2, 0) is 28.6 Å². The number of ether oxygens (including phenoxy) is 3. The highest BCUT2D eigenvalue weighted by Gasteiger charge is 2.19. The molecule has 0 fully saturated rings. The van der Waals surface area contributed by atoms with Crippen LogP contribution in [0.15, 0.2) is 0 Å². The number of rotatable bonds is 24. The molecular weight excluding hydrogens is 432 g/mol. The molecule has 1 unspecified atom stereocenters. The third-order valence-corrected chi connectivity index (χ3v) is 5.86. The Bertz CT molecular complexity index is 505. The Morgan fingerprint density at radius 1 is 0.471 bits per heavy atom. The number of unbranched alkanes of at least 4 members (excludes halogenated alkanes) is 13. The molecule has 200 valence electrons. The molecule has 0 saturated carbocycles. The molecule has 0 heterocycles. The van der Waals surface area contributed by atoms with Gasteiger partial charge in [0.15, 0.2) is 6.10 Å². The Hall–Kier alpha value is -1.59. The lowest BCUT2D eigenvalue weighted by atomic mass is 10.1. The molecule has 0 aromatic carbocycles. The summed E-state index contributed by atoms with van der Waals surface area (Å²) in [5.74, 6) is -0.920.